The molecular weight excluding hydrogens is 290 g/mol. The Morgan fingerprint density at radius 1 is 1.10 bits per heavy atom. The molecule has 0 aliphatic heterocycles. The number of hydrogen-bond acceptors (Lipinski definition) is 6. The third kappa shape index (κ3) is 2.82. The summed E-state index contributed by atoms with van der Waals surface area (Å²) in [5.41, 5.74) is 1.28. The monoisotopic (exact) mass is 301 g/mol. The molecule has 0 aliphatic rings. The van der Waals surface area contributed by atoms with E-state index in [4.69, 9.17) is 4.52 Å². The second-order valence-electron chi connectivity index (χ2n) is 4.46. The molecule has 21 heavy (non-hydrogen) atoms. The number of hydrogen-bond donors (Lipinski definition) is 0. The maximum Gasteiger partial charge on any atom is 0.258 e. The molecule has 0 N–H and O–H groups in total. The van der Waals surface area contributed by atoms with Crippen molar-refractivity contribution in [1.82, 2.24) is 15.1 Å². The highest BCUT2D eigenvalue weighted by Gasteiger charge is 2.13. The zero-order chi connectivity index (χ0) is 14.9. The molecule has 2 aromatic heterocycles. The van der Waals surface area contributed by atoms with Crippen LogP contribution in [0.1, 0.15) is 0 Å². The molecule has 0 spiro atoms. The van der Waals surface area contributed by atoms with Gasteiger partial charge in [-0.15, -0.1) is 0 Å². The molecule has 3 aromatic rings. The van der Waals surface area contributed by atoms with E-state index in [2.05, 4.69) is 15.1 Å². The van der Waals surface area contributed by atoms with E-state index < -0.39 is 9.84 Å². The van der Waals surface area contributed by atoms with Gasteiger partial charge in [-0.25, -0.2) is 8.42 Å². The second-order valence-corrected chi connectivity index (χ2v) is 6.48. The van der Waals surface area contributed by atoms with E-state index in [1.165, 1.54) is 12.1 Å². The molecular formula is C14H11N3O3S. The smallest absolute Gasteiger partial charge is 0.258 e. The Labute approximate surface area is 121 Å². The van der Waals surface area contributed by atoms with E-state index >= 15 is 0 Å². The normalized spacial score (nSPS) is 11.5. The lowest BCUT2D eigenvalue weighted by Crippen LogP contribution is -1.96. The first kappa shape index (κ1) is 13.4. The van der Waals surface area contributed by atoms with Crippen LogP contribution in [0, 0.1) is 0 Å². The zero-order valence-corrected chi connectivity index (χ0v) is 11.9. The van der Waals surface area contributed by atoms with E-state index in [1.54, 1.807) is 30.6 Å². The van der Waals surface area contributed by atoms with Gasteiger partial charge in [-0.05, 0) is 30.3 Å². The lowest BCUT2D eigenvalue weighted by atomic mass is 10.2. The van der Waals surface area contributed by atoms with Crippen molar-refractivity contribution in [3.8, 4) is 22.8 Å². The van der Waals surface area contributed by atoms with Crippen LogP contribution < -0.4 is 0 Å². The van der Waals surface area contributed by atoms with E-state index in [-0.39, 0.29) is 10.8 Å². The summed E-state index contributed by atoms with van der Waals surface area (Å²) in [5, 5.41) is 3.88. The summed E-state index contributed by atoms with van der Waals surface area (Å²) in [6.07, 6.45) is 4.43. The first-order valence-corrected chi connectivity index (χ1v) is 7.98. The van der Waals surface area contributed by atoms with Crippen molar-refractivity contribution < 1.29 is 12.9 Å². The van der Waals surface area contributed by atoms with Gasteiger partial charge in [0.25, 0.3) is 5.89 Å². The highest BCUT2D eigenvalue weighted by molar-refractivity contribution is 7.90. The van der Waals surface area contributed by atoms with Crippen LogP contribution in [0.4, 0.5) is 0 Å². The fourth-order valence-corrected chi connectivity index (χ4v) is 2.48. The maximum absolute atomic E-state index is 11.6. The van der Waals surface area contributed by atoms with Crippen molar-refractivity contribution in [2.24, 2.45) is 0 Å². The van der Waals surface area contributed by atoms with Gasteiger partial charge in [0.05, 0.1) is 4.90 Å². The predicted octanol–water partition coefficient (Wildman–Crippen LogP) is 2.20. The van der Waals surface area contributed by atoms with Gasteiger partial charge in [0.2, 0.25) is 5.82 Å². The maximum atomic E-state index is 11.6. The molecule has 6 nitrogen and oxygen atoms in total. The van der Waals surface area contributed by atoms with Gasteiger partial charge in [-0.3, -0.25) is 4.98 Å². The lowest BCUT2D eigenvalue weighted by Gasteiger charge is -1.99. The summed E-state index contributed by atoms with van der Waals surface area (Å²) in [4.78, 5) is 8.46. The lowest BCUT2D eigenvalue weighted by molar-refractivity contribution is 0.432. The summed E-state index contributed by atoms with van der Waals surface area (Å²) >= 11 is 0. The van der Waals surface area contributed by atoms with Crippen molar-refractivity contribution in [3.63, 3.8) is 0 Å². The van der Waals surface area contributed by atoms with Crippen LogP contribution in [0.3, 0.4) is 0 Å². The average molecular weight is 301 g/mol. The molecule has 0 unspecified atom stereocenters. The molecule has 1 aromatic carbocycles. The van der Waals surface area contributed by atoms with Gasteiger partial charge in [-0.1, -0.05) is 11.2 Å². The molecule has 3 rings (SSSR count). The summed E-state index contributed by atoms with van der Waals surface area (Å²) < 4.78 is 28.3. The standard InChI is InChI=1S/C14H11N3O3S/c1-21(18,19)12-6-2-4-10(8-12)14-16-13(17-20-14)11-5-3-7-15-9-11/h2-9H,1H3. The Morgan fingerprint density at radius 3 is 2.62 bits per heavy atom. The largest absolute Gasteiger partial charge is 0.334 e. The van der Waals surface area contributed by atoms with Crippen LogP contribution in [-0.4, -0.2) is 29.8 Å². The second kappa shape index (κ2) is 5.10. The molecule has 0 fully saturated rings. The van der Waals surface area contributed by atoms with Gasteiger partial charge in [-0.2, -0.15) is 4.98 Å². The first-order chi connectivity index (χ1) is 10.0. The third-order valence-electron chi connectivity index (χ3n) is 2.85. The minimum absolute atomic E-state index is 0.209. The number of aromatic nitrogens is 3. The number of benzene rings is 1. The van der Waals surface area contributed by atoms with Crippen molar-refractivity contribution in [2.75, 3.05) is 6.26 Å². The van der Waals surface area contributed by atoms with E-state index in [9.17, 15) is 8.42 Å². The third-order valence-corrected chi connectivity index (χ3v) is 3.97. The molecule has 0 saturated carbocycles. The molecule has 0 radical (unpaired) electrons. The molecule has 2 heterocycles. The van der Waals surface area contributed by atoms with Crippen LogP contribution in [0.15, 0.2) is 58.2 Å². The number of rotatable bonds is 3. The SMILES string of the molecule is CS(=O)(=O)c1cccc(-c2nc(-c3cccnc3)no2)c1. The van der Waals surface area contributed by atoms with E-state index in [1.807, 2.05) is 6.07 Å². The van der Waals surface area contributed by atoms with Gasteiger partial charge in [0.15, 0.2) is 9.84 Å². The molecule has 0 amide bonds. The van der Waals surface area contributed by atoms with Gasteiger partial charge in [0, 0.05) is 29.8 Å². The Morgan fingerprint density at radius 2 is 1.90 bits per heavy atom. The Hall–Kier alpha value is -2.54. The topological polar surface area (TPSA) is 86.0 Å². The summed E-state index contributed by atoms with van der Waals surface area (Å²) in [6.45, 7) is 0. The quantitative estimate of drug-likeness (QED) is 0.737. The summed E-state index contributed by atoms with van der Waals surface area (Å²) in [6, 6.07) is 9.98. The van der Waals surface area contributed by atoms with Gasteiger partial charge >= 0.3 is 0 Å². The average Bonchev–Trinajstić information content (AvgIpc) is 2.97. The molecule has 106 valence electrons. The van der Waals surface area contributed by atoms with Crippen LogP contribution in [0.2, 0.25) is 0 Å². The van der Waals surface area contributed by atoms with Gasteiger partial charge < -0.3 is 4.52 Å². The Balaban J connectivity index is 2.01. The predicted molar refractivity (Wildman–Crippen MR) is 76.1 cm³/mol. The molecule has 0 atom stereocenters. The van der Waals surface area contributed by atoms with Crippen LogP contribution in [0.25, 0.3) is 22.8 Å². The van der Waals surface area contributed by atoms with E-state index in [0.29, 0.717) is 11.4 Å². The van der Waals surface area contributed by atoms with Crippen molar-refractivity contribution in [3.05, 3.63) is 48.8 Å². The molecule has 0 aliphatic carbocycles. The zero-order valence-electron chi connectivity index (χ0n) is 11.1. The highest BCUT2D eigenvalue weighted by atomic mass is 32.2. The minimum atomic E-state index is -3.28. The molecule has 0 bridgehead atoms. The van der Waals surface area contributed by atoms with Crippen LogP contribution >= 0.6 is 0 Å². The summed E-state index contributed by atoms with van der Waals surface area (Å²) in [7, 11) is -3.28. The Bertz CT molecular complexity index is 873. The van der Waals surface area contributed by atoms with E-state index in [0.717, 1.165) is 11.8 Å². The van der Waals surface area contributed by atoms with Crippen molar-refractivity contribution >= 4 is 9.84 Å². The fraction of sp³-hybridized carbons (Fsp3) is 0.0714. The van der Waals surface area contributed by atoms with Crippen LogP contribution in [-0.2, 0) is 9.84 Å². The Kier molecular flexibility index (Phi) is 3.26. The van der Waals surface area contributed by atoms with Crippen LogP contribution in [0.5, 0.6) is 0 Å². The first-order valence-electron chi connectivity index (χ1n) is 6.09. The minimum Gasteiger partial charge on any atom is -0.334 e. The fourth-order valence-electron chi connectivity index (χ4n) is 1.81. The molecule has 0 saturated heterocycles. The van der Waals surface area contributed by atoms with Crippen molar-refractivity contribution in [1.29, 1.82) is 0 Å². The molecule has 7 heteroatoms. The van der Waals surface area contributed by atoms with Gasteiger partial charge in [0.1, 0.15) is 0 Å². The number of nitrogens with zero attached hydrogens (tertiary/aromatic N) is 3. The highest BCUT2D eigenvalue weighted by Crippen LogP contribution is 2.23. The number of pyridine rings is 1. The number of sulfone groups is 1. The summed E-state index contributed by atoms with van der Waals surface area (Å²) in [5.74, 6) is 0.669. The van der Waals surface area contributed by atoms with Crippen molar-refractivity contribution in [2.45, 2.75) is 4.90 Å².